The van der Waals surface area contributed by atoms with Gasteiger partial charge in [-0.1, -0.05) is 6.92 Å². The predicted molar refractivity (Wildman–Crippen MR) is 76.7 cm³/mol. The van der Waals surface area contributed by atoms with Crippen LogP contribution < -0.4 is 5.32 Å². The fourth-order valence-corrected chi connectivity index (χ4v) is 2.66. The van der Waals surface area contributed by atoms with Gasteiger partial charge in [-0.2, -0.15) is 0 Å². The van der Waals surface area contributed by atoms with E-state index in [1.54, 1.807) is 6.20 Å². The van der Waals surface area contributed by atoms with Crippen molar-refractivity contribution in [2.75, 3.05) is 31.2 Å². The summed E-state index contributed by atoms with van der Waals surface area (Å²) in [4.78, 5) is 8.57. The number of nitrogens with zero attached hydrogens (tertiary/aromatic N) is 3. The van der Waals surface area contributed by atoms with Gasteiger partial charge in [0.15, 0.2) is 0 Å². The normalized spacial score (nSPS) is 11.8. The van der Waals surface area contributed by atoms with E-state index in [4.69, 9.17) is 0 Å². The van der Waals surface area contributed by atoms with Crippen LogP contribution in [0.2, 0.25) is 0 Å². The number of sulfonamides is 1. The second kappa shape index (κ2) is 6.81. The molecule has 1 N–H and O–H groups in total. The van der Waals surface area contributed by atoms with Gasteiger partial charge in [0.05, 0.1) is 17.6 Å². The average molecular weight is 286 g/mol. The molecule has 0 amide bonds. The van der Waals surface area contributed by atoms with Crippen LogP contribution >= 0.6 is 0 Å². The van der Waals surface area contributed by atoms with Gasteiger partial charge in [-0.25, -0.2) is 17.7 Å². The number of rotatable bonds is 7. The van der Waals surface area contributed by atoms with E-state index in [1.165, 1.54) is 10.6 Å². The zero-order chi connectivity index (χ0) is 14.5. The summed E-state index contributed by atoms with van der Waals surface area (Å²) in [5.74, 6) is 0.766. The highest BCUT2D eigenvalue weighted by Crippen LogP contribution is 2.08. The standard InChI is InChI=1S/C12H22N4O2S/c1-5-16(19(4,17)18)8-6-7-13-12-11(3)14-9-10(2)15-12/h9H,5-8H2,1-4H3,(H,13,15). The van der Waals surface area contributed by atoms with Gasteiger partial charge in [0.25, 0.3) is 0 Å². The Morgan fingerprint density at radius 1 is 1.37 bits per heavy atom. The largest absolute Gasteiger partial charge is 0.369 e. The second-order valence-electron chi connectivity index (χ2n) is 4.48. The topological polar surface area (TPSA) is 75.2 Å². The molecule has 1 aromatic heterocycles. The minimum absolute atomic E-state index is 0.502. The molecule has 0 unspecified atom stereocenters. The Balaban J connectivity index is 2.45. The highest BCUT2D eigenvalue weighted by atomic mass is 32.2. The number of hydrogen-bond donors (Lipinski definition) is 1. The Labute approximate surface area is 115 Å². The third-order valence-electron chi connectivity index (χ3n) is 2.77. The molecule has 0 aliphatic carbocycles. The molecule has 7 heteroatoms. The molecule has 0 aliphatic rings. The molecule has 0 aliphatic heterocycles. The molecule has 6 nitrogen and oxygen atoms in total. The number of hydrogen-bond acceptors (Lipinski definition) is 5. The van der Waals surface area contributed by atoms with Crippen LogP contribution in [0.4, 0.5) is 5.82 Å². The van der Waals surface area contributed by atoms with Crippen molar-refractivity contribution in [3.05, 3.63) is 17.6 Å². The second-order valence-corrected chi connectivity index (χ2v) is 6.46. The molecule has 108 valence electrons. The first-order chi connectivity index (χ1) is 8.84. The average Bonchev–Trinajstić information content (AvgIpc) is 2.31. The predicted octanol–water partition coefficient (Wildman–Crippen LogP) is 1.18. The molecule has 0 atom stereocenters. The number of aryl methyl sites for hydroxylation is 2. The zero-order valence-electron chi connectivity index (χ0n) is 12.0. The lowest BCUT2D eigenvalue weighted by Crippen LogP contribution is -2.31. The summed E-state index contributed by atoms with van der Waals surface area (Å²) in [6.45, 7) is 7.31. The molecule has 0 spiro atoms. The highest BCUT2D eigenvalue weighted by molar-refractivity contribution is 7.88. The molecular weight excluding hydrogens is 264 g/mol. The fraction of sp³-hybridized carbons (Fsp3) is 0.667. The van der Waals surface area contributed by atoms with Crippen LogP contribution in [-0.2, 0) is 10.0 Å². The van der Waals surface area contributed by atoms with Crippen molar-refractivity contribution in [3.63, 3.8) is 0 Å². The molecule has 19 heavy (non-hydrogen) atoms. The van der Waals surface area contributed by atoms with E-state index in [0.717, 1.165) is 23.6 Å². The Kier molecular flexibility index (Phi) is 5.68. The van der Waals surface area contributed by atoms with Gasteiger partial charge >= 0.3 is 0 Å². The molecular formula is C12H22N4O2S. The molecule has 0 saturated heterocycles. The van der Waals surface area contributed by atoms with E-state index in [0.29, 0.717) is 19.6 Å². The van der Waals surface area contributed by atoms with Crippen molar-refractivity contribution in [1.29, 1.82) is 0 Å². The Morgan fingerprint density at radius 2 is 2.05 bits per heavy atom. The van der Waals surface area contributed by atoms with Crippen molar-refractivity contribution in [1.82, 2.24) is 14.3 Å². The van der Waals surface area contributed by atoms with Crippen LogP contribution in [0, 0.1) is 13.8 Å². The Morgan fingerprint density at radius 3 is 2.63 bits per heavy atom. The lowest BCUT2D eigenvalue weighted by Gasteiger charge is -2.17. The smallest absolute Gasteiger partial charge is 0.211 e. The van der Waals surface area contributed by atoms with Crippen molar-refractivity contribution in [2.45, 2.75) is 27.2 Å². The minimum atomic E-state index is -3.10. The van der Waals surface area contributed by atoms with Crippen LogP contribution in [0.25, 0.3) is 0 Å². The molecule has 0 fully saturated rings. The lowest BCUT2D eigenvalue weighted by atomic mass is 10.3. The van der Waals surface area contributed by atoms with Crippen molar-refractivity contribution < 1.29 is 8.42 Å². The first-order valence-corrected chi connectivity index (χ1v) is 8.18. The first kappa shape index (κ1) is 15.8. The van der Waals surface area contributed by atoms with Gasteiger partial charge in [-0.05, 0) is 20.3 Å². The fourth-order valence-electron chi connectivity index (χ4n) is 1.73. The molecule has 0 radical (unpaired) electrons. The molecule has 0 bridgehead atoms. The summed E-state index contributed by atoms with van der Waals surface area (Å²) >= 11 is 0. The SMILES string of the molecule is CCN(CCCNc1nc(C)cnc1C)S(C)(=O)=O. The van der Waals surface area contributed by atoms with Gasteiger partial charge in [0.2, 0.25) is 10.0 Å². The summed E-state index contributed by atoms with van der Waals surface area (Å²) in [5, 5.41) is 3.19. The van der Waals surface area contributed by atoms with E-state index in [-0.39, 0.29) is 0 Å². The minimum Gasteiger partial charge on any atom is -0.369 e. The van der Waals surface area contributed by atoms with Crippen molar-refractivity contribution >= 4 is 15.8 Å². The zero-order valence-corrected chi connectivity index (χ0v) is 12.8. The third kappa shape index (κ3) is 5.12. The molecule has 0 saturated carbocycles. The van der Waals surface area contributed by atoms with E-state index in [9.17, 15) is 8.42 Å². The van der Waals surface area contributed by atoms with Crippen LogP contribution in [0.15, 0.2) is 6.20 Å². The van der Waals surface area contributed by atoms with Crippen LogP contribution in [0.5, 0.6) is 0 Å². The maximum absolute atomic E-state index is 11.4. The van der Waals surface area contributed by atoms with Gasteiger partial charge in [0, 0.05) is 25.8 Å². The first-order valence-electron chi connectivity index (χ1n) is 6.33. The molecule has 0 aromatic carbocycles. The maximum Gasteiger partial charge on any atom is 0.211 e. The lowest BCUT2D eigenvalue weighted by molar-refractivity contribution is 0.428. The number of anilines is 1. The monoisotopic (exact) mass is 286 g/mol. The molecule has 1 aromatic rings. The van der Waals surface area contributed by atoms with Crippen LogP contribution in [0.3, 0.4) is 0 Å². The van der Waals surface area contributed by atoms with Crippen LogP contribution in [0.1, 0.15) is 24.7 Å². The summed E-state index contributed by atoms with van der Waals surface area (Å²) in [5.41, 5.74) is 1.71. The van der Waals surface area contributed by atoms with Gasteiger partial charge in [-0.3, -0.25) is 4.98 Å². The van der Waals surface area contributed by atoms with E-state index >= 15 is 0 Å². The number of aromatic nitrogens is 2. The van der Waals surface area contributed by atoms with E-state index in [1.807, 2.05) is 20.8 Å². The highest BCUT2D eigenvalue weighted by Gasteiger charge is 2.13. The van der Waals surface area contributed by atoms with Crippen molar-refractivity contribution in [2.24, 2.45) is 0 Å². The quantitative estimate of drug-likeness (QED) is 0.762. The van der Waals surface area contributed by atoms with Crippen LogP contribution in [-0.4, -0.2) is 48.6 Å². The maximum atomic E-state index is 11.4. The summed E-state index contributed by atoms with van der Waals surface area (Å²) in [6, 6.07) is 0. The molecule has 1 heterocycles. The third-order valence-corrected chi connectivity index (χ3v) is 4.15. The van der Waals surface area contributed by atoms with Crippen molar-refractivity contribution in [3.8, 4) is 0 Å². The van der Waals surface area contributed by atoms with E-state index in [2.05, 4.69) is 15.3 Å². The Hall–Kier alpha value is -1.21. The Bertz CT molecular complexity index is 516. The van der Waals surface area contributed by atoms with Gasteiger partial charge in [0.1, 0.15) is 5.82 Å². The van der Waals surface area contributed by atoms with E-state index < -0.39 is 10.0 Å². The van der Waals surface area contributed by atoms with Gasteiger partial charge in [-0.15, -0.1) is 0 Å². The summed E-state index contributed by atoms with van der Waals surface area (Å²) in [6.07, 6.45) is 3.69. The summed E-state index contributed by atoms with van der Waals surface area (Å²) in [7, 11) is -3.10. The molecule has 1 rings (SSSR count). The van der Waals surface area contributed by atoms with Gasteiger partial charge < -0.3 is 5.32 Å². The number of nitrogens with one attached hydrogen (secondary N) is 1. The summed E-state index contributed by atoms with van der Waals surface area (Å²) < 4.78 is 24.3.